The van der Waals surface area contributed by atoms with Crippen molar-refractivity contribution in [3.8, 4) is 11.3 Å². The molecule has 1 aliphatic rings. The third kappa shape index (κ3) is 3.96. The summed E-state index contributed by atoms with van der Waals surface area (Å²) in [6, 6.07) is 9.64. The van der Waals surface area contributed by atoms with Gasteiger partial charge >= 0.3 is 5.97 Å². The van der Waals surface area contributed by atoms with Crippen LogP contribution in [0.5, 0.6) is 0 Å². The summed E-state index contributed by atoms with van der Waals surface area (Å²) < 4.78 is 7.08. The fourth-order valence-corrected chi connectivity index (χ4v) is 5.61. The van der Waals surface area contributed by atoms with Gasteiger partial charge in [0.25, 0.3) is 11.5 Å². The molecule has 10 heteroatoms. The Bertz CT molecular complexity index is 1440. The molecule has 4 heterocycles. The molecule has 1 unspecified atom stereocenters. The Labute approximate surface area is 196 Å². The quantitative estimate of drug-likeness (QED) is 0.433. The van der Waals surface area contributed by atoms with Crippen molar-refractivity contribution < 1.29 is 14.3 Å². The number of esters is 1. The zero-order chi connectivity index (χ0) is 23.1. The van der Waals surface area contributed by atoms with Crippen molar-refractivity contribution in [2.45, 2.75) is 39.3 Å². The molecule has 33 heavy (non-hydrogen) atoms. The number of hydrogen-bond acceptors (Lipinski definition) is 8. The van der Waals surface area contributed by atoms with Crippen LogP contribution in [0.25, 0.3) is 21.5 Å². The Hall–Kier alpha value is -3.37. The monoisotopic (exact) mass is 480 g/mol. The molecule has 1 aliphatic heterocycles. The van der Waals surface area contributed by atoms with Gasteiger partial charge in [-0.2, -0.15) is 0 Å². The standard InChI is InChI=1S/C23H20N4O4S2/c1-12-17-20(25-16-9-6-10-27(16)21(17)29)33-18(12)22(30)31-13(2)19(28)26-23-24-15(11-32-23)14-7-4-3-5-8-14/h3-5,7-8,11,13H,6,9-10H2,1-2H3,(H,24,26,28). The van der Waals surface area contributed by atoms with E-state index in [1.54, 1.807) is 11.5 Å². The van der Waals surface area contributed by atoms with E-state index in [4.69, 9.17) is 4.74 Å². The van der Waals surface area contributed by atoms with Crippen molar-refractivity contribution >= 4 is 49.9 Å². The summed E-state index contributed by atoms with van der Waals surface area (Å²) in [5, 5.41) is 5.42. The topological polar surface area (TPSA) is 103 Å². The number of rotatable bonds is 5. The fraction of sp³-hybridized carbons (Fsp3) is 0.261. The number of nitrogens with zero attached hydrogens (tertiary/aromatic N) is 3. The van der Waals surface area contributed by atoms with Crippen molar-refractivity contribution in [1.29, 1.82) is 0 Å². The number of anilines is 1. The molecule has 1 N–H and O–H groups in total. The lowest BCUT2D eigenvalue weighted by Gasteiger charge is -2.12. The molecule has 1 amide bonds. The molecule has 0 saturated heterocycles. The van der Waals surface area contributed by atoms with Gasteiger partial charge < -0.3 is 4.74 Å². The number of aryl methyl sites for hydroxylation is 2. The minimum atomic E-state index is -1.04. The maximum Gasteiger partial charge on any atom is 0.349 e. The van der Waals surface area contributed by atoms with Crippen LogP contribution in [0.15, 0.2) is 40.5 Å². The molecule has 0 bridgehead atoms. The molecule has 0 spiro atoms. The maximum atomic E-state index is 12.8. The van der Waals surface area contributed by atoms with Crippen LogP contribution in [0.2, 0.25) is 0 Å². The summed E-state index contributed by atoms with van der Waals surface area (Å²) in [4.78, 5) is 48.0. The number of hydrogen-bond donors (Lipinski definition) is 1. The van der Waals surface area contributed by atoms with E-state index in [0.717, 1.165) is 41.3 Å². The van der Waals surface area contributed by atoms with Crippen LogP contribution < -0.4 is 10.9 Å². The molecule has 4 aromatic rings. The molecule has 5 rings (SSSR count). The highest BCUT2D eigenvalue weighted by Crippen LogP contribution is 2.30. The van der Waals surface area contributed by atoms with Gasteiger partial charge in [0.05, 0.1) is 11.1 Å². The molecule has 0 fully saturated rings. The molecule has 3 aromatic heterocycles. The number of thiazole rings is 1. The van der Waals surface area contributed by atoms with E-state index >= 15 is 0 Å². The SMILES string of the molecule is Cc1c(C(=O)OC(C)C(=O)Nc2nc(-c3ccccc3)cs2)sc2nc3n(c(=O)c12)CCC3. The van der Waals surface area contributed by atoms with Crippen LogP contribution in [0, 0.1) is 6.92 Å². The van der Waals surface area contributed by atoms with Crippen molar-refractivity contribution in [2.24, 2.45) is 0 Å². The Morgan fingerprint density at radius 1 is 1.21 bits per heavy atom. The van der Waals surface area contributed by atoms with Gasteiger partial charge in [-0.15, -0.1) is 22.7 Å². The van der Waals surface area contributed by atoms with Crippen molar-refractivity contribution in [3.05, 3.63) is 62.3 Å². The Morgan fingerprint density at radius 2 is 2.00 bits per heavy atom. The normalized spacial score (nSPS) is 13.6. The molecule has 8 nitrogen and oxygen atoms in total. The van der Waals surface area contributed by atoms with E-state index < -0.39 is 18.0 Å². The second-order valence-corrected chi connectivity index (χ2v) is 9.62. The number of thiophene rings is 1. The first-order valence-electron chi connectivity index (χ1n) is 10.5. The average molecular weight is 481 g/mol. The van der Waals surface area contributed by atoms with E-state index in [9.17, 15) is 14.4 Å². The molecule has 0 saturated carbocycles. The smallest absolute Gasteiger partial charge is 0.349 e. The van der Waals surface area contributed by atoms with Crippen LogP contribution >= 0.6 is 22.7 Å². The van der Waals surface area contributed by atoms with Gasteiger partial charge in [0.1, 0.15) is 15.5 Å². The van der Waals surface area contributed by atoms with Crippen LogP contribution in [-0.2, 0) is 22.5 Å². The minimum Gasteiger partial charge on any atom is -0.448 e. The zero-order valence-corrected chi connectivity index (χ0v) is 19.6. The number of amides is 1. The number of carbonyl (C=O) groups is 2. The number of nitrogens with one attached hydrogen (secondary N) is 1. The number of benzene rings is 1. The van der Waals surface area contributed by atoms with Gasteiger partial charge in [0, 0.05) is 23.9 Å². The lowest BCUT2D eigenvalue weighted by Crippen LogP contribution is -2.30. The van der Waals surface area contributed by atoms with Gasteiger partial charge in [-0.1, -0.05) is 30.3 Å². The largest absolute Gasteiger partial charge is 0.448 e. The minimum absolute atomic E-state index is 0.121. The maximum absolute atomic E-state index is 12.8. The third-order valence-corrected chi connectivity index (χ3v) is 7.48. The van der Waals surface area contributed by atoms with E-state index in [0.29, 0.717) is 32.3 Å². The Morgan fingerprint density at radius 3 is 2.79 bits per heavy atom. The predicted octanol–water partition coefficient (Wildman–Crippen LogP) is 4.02. The van der Waals surface area contributed by atoms with Crippen LogP contribution in [0.3, 0.4) is 0 Å². The summed E-state index contributed by atoms with van der Waals surface area (Å²) in [6.45, 7) is 3.86. The lowest BCUT2D eigenvalue weighted by atomic mass is 10.2. The highest BCUT2D eigenvalue weighted by atomic mass is 32.1. The van der Waals surface area contributed by atoms with E-state index in [-0.39, 0.29) is 5.56 Å². The van der Waals surface area contributed by atoms with Gasteiger partial charge in [0.2, 0.25) is 0 Å². The zero-order valence-electron chi connectivity index (χ0n) is 18.0. The van der Waals surface area contributed by atoms with Crippen molar-refractivity contribution in [3.63, 3.8) is 0 Å². The number of fused-ring (bicyclic) bond motifs is 2. The lowest BCUT2D eigenvalue weighted by molar-refractivity contribution is -0.123. The summed E-state index contributed by atoms with van der Waals surface area (Å²) in [6.07, 6.45) is 0.610. The second kappa shape index (κ2) is 8.53. The summed E-state index contributed by atoms with van der Waals surface area (Å²) in [5.41, 5.74) is 2.13. The molecular formula is C23H20N4O4S2. The molecule has 0 radical (unpaired) electrons. The highest BCUT2D eigenvalue weighted by Gasteiger charge is 2.26. The first-order valence-corrected chi connectivity index (χ1v) is 12.2. The van der Waals surface area contributed by atoms with Gasteiger partial charge in [-0.25, -0.2) is 14.8 Å². The van der Waals surface area contributed by atoms with Gasteiger partial charge in [0.15, 0.2) is 11.2 Å². The Kier molecular flexibility index (Phi) is 5.55. The molecular weight excluding hydrogens is 460 g/mol. The van der Waals surface area contributed by atoms with Gasteiger partial charge in [-0.05, 0) is 25.8 Å². The van der Waals surface area contributed by atoms with Crippen LogP contribution in [-0.4, -0.2) is 32.5 Å². The number of carbonyl (C=O) groups excluding carboxylic acids is 2. The van der Waals surface area contributed by atoms with Crippen LogP contribution in [0.1, 0.15) is 34.4 Å². The van der Waals surface area contributed by atoms with E-state index in [2.05, 4.69) is 15.3 Å². The number of ether oxygens (including phenoxy) is 1. The predicted molar refractivity (Wildman–Crippen MR) is 128 cm³/mol. The first-order chi connectivity index (χ1) is 15.9. The van der Waals surface area contributed by atoms with Crippen molar-refractivity contribution in [2.75, 3.05) is 5.32 Å². The second-order valence-electron chi connectivity index (χ2n) is 7.77. The van der Waals surface area contributed by atoms with Crippen molar-refractivity contribution in [1.82, 2.24) is 14.5 Å². The van der Waals surface area contributed by atoms with Crippen LogP contribution in [0.4, 0.5) is 5.13 Å². The first kappa shape index (κ1) is 21.5. The van der Waals surface area contributed by atoms with Gasteiger partial charge in [-0.3, -0.25) is 19.5 Å². The third-order valence-electron chi connectivity index (χ3n) is 5.55. The molecule has 1 atom stereocenters. The summed E-state index contributed by atoms with van der Waals surface area (Å²) in [7, 11) is 0. The van der Waals surface area contributed by atoms with E-state index in [1.165, 1.54) is 18.3 Å². The summed E-state index contributed by atoms with van der Waals surface area (Å²) in [5.74, 6) is -0.375. The van der Waals surface area contributed by atoms with E-state index in [1.807, 2.05) is 35.7 Å². The summed E-state index contributed by atoms with van der Waals surface area (Å²) >= 11 is 2.43. The highest BCUT2D eigenvalue weighted by molar-refractivity contribution is 7.20. The molecule has 168 valence electrons. The molecule has 0 aliphatic carbocycles. The Balaban J connectivity index is 1.30. The average Bonchev–Trinajstić information content (AvgIpc) is 3.54. The number of aromatic nitrogens is 3. The fourth-order valence-electron chi connectivity index (χ4n) is 3.82. The molecule has 1 aromatic carbocycles.